The van der Waals surface area contributed by atoms with Crippen LogP contribution in [0.15, 0.2) is 0 Å². The molecule has 0 heterocycles. The number of rotatable bonds is 12. The van der Waals surface area contributed by atoms with Gasteiger partial charge in [0.15, 0.2) is 0 Å². The van der Waals surface area contributed by atoms with E-state index in [1.54, 1.807) is 14.2 Å². The van der Waals surface area contributed by atoms with Crippen molar-refractivity contribution in [1.29, 1.82) is 0 Å². The van der Waals surface area contributed by atoms with Gasteiger partial charge in [-0.05, 0) is 26.7 Å². The van der Waals surface area contributed by atoms with Crippen LogP contribution in [0.3, 0.4) is 0 Å². The second-order valence-corrected chi connectivity index (χ2v) is 6.25. The fraction of sp³-hybridized carbons (Fsp3) is 0.941. The molecule has 0 N–H and O–H groups in total. The van der Waals surface area contributed by atoms with Crippen molar-refractivity contribution in [2.75, 3.05) is 27.4 Å². The van der Waals surface area contributed by atoms with Gasteiger partial charge in [-0.3, -0.25) is 0 Å². The van der Waals surface area contributed by atoms with Crippen molar-refractivity contribution in [3.05, 3.63) is 0 Å². The van der Waals surface area contributed by atoms with Crippen LogP contribution in [0.2, 0.25) is 0 Å². The predicted molar refractivity (Wildman–Crippen MR) is 87.2 cm³/mol. The molecule has 5 nitrogen and oxygen atoms in total. The Morgan fingerprint density at radius 2 is 1.14 bits per heavy atom. The Morgan fingerprint density at radius 1 is 0.773 bits per heavy atom. The van der Waals surface area contributed by atoms with Crippen molar-refractivity contribution in [2.24, 2.45) is 0 Å². The lowest BCUT2D eigenvalue weighted by molar-refractivity contribution is -0.0389. The highest BCUT2D eigenvalue weighted by Gasteiger charge is 2.24. The van der Waals surface area contributed by atoms with E-state index >= 15 is 0 Å². The molecular formula is C17H34O5. The van der Waals surface area contributed by atoms with Crippen LogP contribution in [0.1, 0.15) is 66.2 Å². The number of hydrogen-bond acceptors (Lipinski definition) is 5. The van der Waals surface area contributed by atoms with Gasteiger partial charge >= 0.3 is 6.16 Å². The Morgan fingerprint density at radius 3 is 1.41 bits per heavy atom. The van der Waals surface area contributed by atoms with Crippen LogP contribution in [-0.2, 0) is 18.9 Å². The largest absolute Gasteiger partial charge is 0.508 e. The van der Waals surface area contributed by atoms with Gasteiger partial charge in [0.2, 0.25) is 0 Å². The molecule has 0 aliphatic heterocycles. The van der Waals surface area contributed by atoms with E-state index < -0.39 is 6.16 Å². The fourth-order valence-corrected chi connectivity index (χ4v) is 2.46. The molecule has 2 atom stereocenters. The third kappa shape index (κ3) is 8.59. The molecule has 0 amide bonds. The Hall–Kier alpha value is -0.810. The van der Waals surface area contributed by atoms with Crippen LogP contribution < -0.4 is 0 Å². The maximum Gasteiger partial charge on any atom is 0.508 e. The van der Waals surface area contributed by atoms with Gasteiger partial charge in [0, 0.05) is 27.1 Å². The average molecular weight is 318 g/mol. The van der Waals surface area contributed by atoms with Crippen LogP contribution in [-0.4, -0.2) is 44.8 Å². The van der Waals surface area contributed by atoms with Crippen LogP contribution in [0, 0.1) is 0 Å². The summed E-state index contributed by atoms with van der Waals surface area (Å²) in [5, 5.41) is 0. The molecule has 0 aliphatic rings. The normalized spacial score (nSPS) is 16.6. The molecule has 0 aromatic heterocycles. The van der Waals surface area contributed by atoms with Crippen molar-refractivity contribution in [3.8, 4) is 0 Å². The van der Waals surface area contributed by atoms with Gasteiger partial charge in [-0.15, -0.1) is 0 Å². The van der Waals surface area contributed by atoms with Crippen LogP contribution in [0.4, 0.5) is 4.79 Å². The van der Waals surface area contributed by atoms with Gasteiger partial charge in [-0.25, -0.2) is 4.79 Å². The molecule has 0 rings (SSSR count). The van der Waals surface area contributed by atoms with Gasteiger partial charge in [-0.2, -0.15) is 0 Å². The molecule has 132 valence electrons. The van der Waals surface area contributed by atoms with Gasteiger partial charge in [0.05, 0.1) is 24.4 Å². The molecule has 0 aromatic rings. The zero-order valence-electron chi connectivity index (χ0n) is 15.2. The summed E-state index contributed by atoms with van der Waals surface area (Å²) in [5.41, 5.74) is -0.491. The summed E-state index contributed by atoms with van der Waals surface area (Å²) in [5.74, 6) is 0. The maximum absolute atomic E-state index is 11.6. The highest BCUT2D eigenvalue weighted by Crippen LogP contribution is 2.22. The Balaban J connectivity index is 3.96. The van der Waals surface area contributed by atoms with Crippen LogP contribution in [0.5, 0.6) is 0 Å². The molecule has 0 saturated heterocycles. The van der Waals surface area contributed by atoms with Crippen LogP contribution in [0.25, 0.3) is 0 Å². The molecule has 2 unspecified atom stereocenters. The minimum absolute atomic E-state index is 0.245. The summed E-state index contributed by atoms with van der Waals surface area (Å²) in [7, 11) is 3.38. The molecule has 0 spiro atoms. The Bertz CT molecular complexity index is 279. The number of carbonyl (C=O) groups is 1. The first kappa shape index (κ1) is 21.2. The quantitative estimate of drug-likeness (QED) is 0.501. The zero-order chi connectivity index (χ0) is 17.1. The summed E-state index contributed by atoms with van der Waals surface area (Å²) in [6.45, 7) is 8.88. The van der Waals surface area contributed by atoms with E-state index in [0.29, 0.717) is 26.1 Å². The molecule has 5 heteroatoms. The summed E-state index contributed by atoms with van der Waals surface area (Å²) < 4.78 is 21.2. The third-order valence-electron chi connectivity index (χ3n) is 4.24. The highest BCUT2D eigenvalue weighted by atomic mass is 16.7. The molecule has 0 bridgehead atoms. The first-order valence-corrected chi connectivity index (χ1v) is 8.24. The van der Waals surface area contributed by atoms with E-state index in [4.69, 9.17) is 18.9 Å². The van der Waals surface area contributed by atoms with E-state index in [-0.39, 0.29) is 11.2 Å². The van der Waals surface area contributed by atoms with Crippen molar-refractivity contribution in [2.45, 2.75) is 77.4 Å². The van der Waals surface area contributed by atoms with E-state index in [9.17, 15) is 4.79 Å². The number of hydrogen-bond donors (Lipinski definition) is 0. The third-order valence-corrected chi connectivity index (χ3v) is 4.24. The van der Waals surface area contributed by atoms with E-state index in [2.05, 4.69) is 13.8 Å². The summed E-state index contributed by atoms with van der Waals surface area (Å²) >= 11 is 0. The van der Waals surface area contributed by atoms with E-state index in [0.717, 1.165) is 25.7 Å². The zero-order valence-corrected chi connectivity index (χ0v) is 15.2. The fourth-order valence-electron chi connectivity index (χ4n) is 2.46. The lowest BCUT2D eigenvalue weighted by Crippen LogP contribution is -2.30. The molecule has 0 saturated carbocycles. The standard InChI is InChI=1S/C17H34O5/c1-7-9-16(3,19-5)11-13-21-15(18)22-14-12-17(4,20-6)10-8-2/h7-14H2,1-6H3. The van der Waals surface area contributed by atoms with Crippen molar-refractivity contribution < 1.29 is 23.7 Å². The average Bonchev–Trinajstić information content (AvgIpc) is 2.48. The lowest BCUT2D eigenvalue weighted by Gasteiger charge is -2.28. The molecule has 0 fully saturated rings. The molecule has 0 aromatic carbocycles. The Labute approximate surface area is 135 Å². The first-order valence-electron chi connectivity index (χ1n) is 8.24. The highest BCUT2D eigenvalue weighted by molar-refractivity contribution is 5.59. The van der Waals surface area contributed by atoms with Crippen molar-refractivity contribution in [1.82, 2.24) is 0 Å². The number of methoxy groups -OCH3 is 2. The number of ether oxygens (including phenoxy) is 4. The van der Waals surface area contributed by atoms with Gasteiger partial charge in [0.25, 0.3) is 0 Å². The molecular weight excluding hydrogens is 284 g/mol. The lowest BCUT2D eigenvalue weighted by atomic mass is 9.97. The minimum atomic E-state index is -0.620. The molecule has 0 radical (unpaired) electrons. The monoisotopic (exact) mass is 318 g/mol. The Kier molecular flexibility index (Phi) is 10.4. The van der Waals surface area contributed by atoms with Gasteiger partial charge < -0.3 is 18.9 Å². The van der Waals surface area contributed by atoms with Gasteiger partial charge in [0.1, 0.15) is 0 Å². The molecule has 22 heavy (non-hydrogen) atoms. The minimum Gasteiger partial charge on any atom is -0.434 e. The summed E-state index contributed by atoms with van der Waals surface area (Å²) in [6.07, 6.45) is 4.64. The van der Waals surface area contributed by atoms with E-state index in [1.165, 1.54) is 0 Å². The SMILES string of the molecule is CCCC(C)(CCOC(=O)OCCC(C)(CCC)OC)OC. The maximum atomic E-state index is 11.6. The summed E-state index contributed by atoms with van der Waals surface area (Å²) in [4.78, 5) is 11.6. The second kappa shape index (κ2) is 10.8. The molecule has 0 aliphatic carbocycles. The number of carbonyl (C=O) groups excluding carboxylic acids is 1. The van der Waals surface area contributed by atoms with Gasteiger partial charge in [-0.1, -0.05) is 26.7 Å². The topological polar surface area (TPSA) is 54.0 Å². The van der Waals surface area contributed by atoms with E-state index in [1.807, 2.05) is 13.8 Å². The van der Waals surface area contributed by atoms with Crippen LogP contribution >= 0.6 is 0 Å². The van der Waals surface area contributed by atoms with Crippen molar-refractivity contribution >= 4 is 6.16 Å². The smallest absolute Gasteiger partial charge is 0.434 e. The first-order chi connectivity index (χ1) is 10.3. The van der Waals surface area contributed by atoms with Crippen molar-refractivity contribution in [3.63, 3.8) is 0 Å². The second-order valence-electron chi connectivity index (χ2n) is 6.25. The summed E-state index contributed by atoms with van der Waals surface area (Å²) in [6, 6.07) is 0. The predicted octanol–water partition coefficient (Wildman–Crippen LogP) is 4.33.